The first-order valence-electron chi connectivity index (χ1n) is 10.0. The molecule has 0 atom stereocenters. The third-order valence-corrected chi connectivity index (χ3v) is 7.12. The molecule has 1 aliphatic carbocycles. The van der Waals surface area contributed by atoms with Crippen molar-refractivity contribution in [2.45, 2.75) is 43.4 Å². The quantitative estimate of drug-likeness (QED) is 0.558. The van der Waals surface area contributed by atoms with E-state index in [1.165, 1.54) is 17.2 Å². The van der Waals surface area contributed by atoms with Crippen LogP contribution in [-0.4, -0.2) is 34.1 Å². The van der Waals surface area contributed by atoms with E-state index in [4.69, 9.17) is 0 Å². The average molecular weight is 432 g/mol. The van der Waals surface area contributed by atoms with Gasteiger partial charge in [-0.2, -0.15) is 0 Å². The molecule has 0 saturated carbocycles. The molecule has 2 aromatic heterocycles. The van der Waals surface area contributed by atoms with Crippen molar-refractivity contribution in [1.29, 1.82) is 0 Å². The van der Waals surface area contributed by atoms with Crippen molar-refractivity contribution in [1.82, 2.24) is 23.8 Å². The van der Waals surface area contributed by atoms with Crippen LogP contribution in [0.3, 0.4) is 0 Å². The van der Waals surface area contributed by atoms with Crippen LogP contribution in [0.5, 0.6) is 0 Å². The summed E-state index contributed by atoms with van der Waals surface area (Å²) in [5, 5.41) is 0. The Balaban J connectivity index is 1.42. The minimum Gasteiger partial charge on any atom is -0.336 e. The van der Waals surface area contributed by atoms with Gasteiger partial charge in [-0.15, -0.1) is 0 Å². The Kier molecular flexibility index (Phi) is 5.37. The van der Waals surface area contributed by atoms with E-state index in [2.05, 4.69) is 14.7 Å². The summed E-state index contributed by atoms with van der Waals surface area (Å²) in [6.45, 7) is 0.243. The predicted octanol–water partition coefficient (Wildman–Crippen LogP) is 0.750. The zero-order chi connectivity index (χ0) is 21.5. The fourth-order valence-electron chi connectivity index (χ4n) is 3.91. The van der Waals surface area contributed by atoms with Crippen LogP contribution >= 0.6 is 0 Å². The minimum atomic E-state index is -3.58. The standard InChI is InChI=1S/C20H25N5O4S/c1-24-18-17(19(26)25(2)20(24)27)22-16(23-18)8-5-11-21-30(28,29)15-10-9-13-6-3-4-7-14(13)12-15/h9-10,12,21H,3-8,11H2,1-2H3,(H,22,23). The largest absolute Gasteiger partial charge is 0.336 e. The summed E-state index contributed by atoms with van der Waals surface area (Å²) in [5.74, 6) is 0.538. The maximum atomic E-state index is 12.6. The van der Waals surface area contributed by atoms with Crippen LogP contribution in [0.2, 0.25) is 0 Å². The molecule has 0 bridgehead atoms. The molecule has 30 heavy (non-hydrogen) atoms. The van der Waals surface area contributed by atoms with Crippen molar-refractivity contribution >= 4 is 21.2 Å². The lowest BCUT2D eigenvalue weighted by molar-refractivity contribution is 0.577. The molecule has 0 spiro atoms. The summed E-state index contributed by atoms with van der Waals surface area (Å²) in [7, 11) is -0.603. The normalized spacial score (nSPS) is 14.2. The van der Waals surface area contributed by atoms with Crippen LogP contribution in [0.1, 0.15) is 36.2 Å². The number of benzene rings is 1. The third kappa shape index (κ3) is 3.72. The molecule has 0 saturated heterocycles. The van der Waals surface area contributed by atoms with Crippen LogP contribution in [0.15, 0.2) is 32.7 Å². The van der Waals surface area contributed by atoms with Crippen molar-refractivity contribution in [3.05, 3.63) is 56.0 Å². The number of fused-ring (bicyclic) bond motifs is 2. The molecule has 0 radical (unpaired) electrons. The first-order valence-corrected chi connectivity index (χ1v) is 11.5. The molecule has 0 fully saturated rings. The van der Waals surface area contributed by atoms with Gasteiger partial charge in [0.15, 0.2) is 5.65 Å². The highest BCUT2D eigenvalue weighted by atomic mass is 32.2. The molecule has 160 valence electrons. The second-order valence-electron chi connectivity index (χ2n) is 7.73. The summed E-state index contributed by atoms with van der Waals surface area (Å²) >= 11 is 0. The van der Waals surface area contributed by atoms with Crippen LogP contribution < -0.4 is 16.0 Å². The zero-order valence-electron chi connectivity index (χ0n) is 17.1. The summed E-state index contributed by atoms with van der Waals surface area (Å²) in [4.78, 5) is 31.8. The number of sulfonamides is 1. The van der Waals surface area contributed by atoms with Gasteiger partial charge in [0.1, 0.15) is 11.3 Å². The fraction of sp³-hybridized carbons (Fsp3) is 0.450. The molecule has 2 heterocycles. The molecule has 1 aromatic carbocycles. The molecule has 1 aliphatic rings. The number of aromatic amines is 1. The Morgan fingerprint density at radius 3 is 2.60 bits per heavy atom. The van der Waals surface area contributed by atoms with Gasteiger partial charge in [0.05, 0.1) is 4.90 Å². The van der Waals surface area contributed by atoms with Crippen molar-refractivity contribution in [3.8, 4) is 0 Å². The van der Waals surface area contributed by atoms with Gasteiger partial charge < -0.3 is 4.98 Å². The van der Waals surface area contributed by atoms with Crippen LogP contribution in [0.25, 0.3) is 11.2 Å². The lowest BCUT2D eigenvalue weighted by atomic mass is 9.92. The number of nitrogens with zero attached hydrogens (tertiary/aromatic N) is 3. The maximum absolute atomic E-state index is 12.6. The number of aromatic nitrogens is 4. The number of aryl methyl sites for hydroxylation is 4. The van der Waals surface area contributed by atoms with E-state index >= 15 is 0 Å². The van der Waals surface area contributed by atoms with E-state index in [0.29, 0.717) is 29.2 Å². The van der Waals surface area contributed by atoms with Crippen LogP contribution in [-0.2, 0) is 43.4 Å². The van der Waals surface area contributed by atoms with E-state index in [0.717, 1.165) is 35.8 Å². The minimum absolute atomic E-state index is 0.243. The lowest BCUT2D eigenvalue weighted by Crippen LogP contribution is -2.36. The molecule has 10 heteroatoms. The molecular formula is C20H25N5O4S. The summed E-state index contributed by atoms with van der Waals surface area (Å²) < 4.78 is 30.2. The van der Waals surface area contributed by atoms with Crippen molar-refractivity contribution in [3.63, 3.8) is 0 Å². The number of hydrogen-bond acceptors (Lipinski definition) is 5. The Morgan fingerprint density at radius 2 is 1.83 bits per heavy atom. The van der Waals surface area contributed by atoms with Gasteiger partial charge in [-0.05, 0) is 55.4 Å². The van der Waals surface area contributed by atoms with Gasteiger partial charge in [-0.25, -0.2) is 22.9 Å². The van der Waals surface area contributed by atoms with Crippen LogP contribution in [0.4, 0.5) is 0 Å². The zero-order valence-corrected chi connectivity index (χ0v) is 17.9. The second-order valence-corrected chi connectivity index (χ2v) is 9.49. The molecule has 0 amide bonds. The van der Waals surface area contributed by atoms with Gasteiger partial charge in [0.2, 0.25) is 10.0 Å². The molecule has 3 aromatic rings. The highest BCUT2D eigenvalue weighted by Gasteiger charge is 2.18. The van der Waals surface area contributed by atoms with E-state index in [-0.39, 0.29) is 12.1 Å². The smallest absolute Gasteiger partial charge is 0.332 e. The lowest BCUT2D eigenvalue weighted by Gasteiger charge is -2.16. The highest BCUT2D eigenvalue weighted by Crippen LogP contribution is 2.24. The number of hydrogen-bond donors (Lipinski definition) is 2. The Morgan fingerprint density at radius 1 is 1.10 bits per heavy atom. The predicted molar refractivity (Wildman–Crippen MR) is 113 cm³/mol. The number of imidazole rings is 1. The van der Waals surface area contributed by atoms with E-state index in [9.17, 15) is 18.0 Å². The SMILES string of the molecule is Cn1c(=O)c2[nH]c(CCCNS(=O)(=O)c3ccc4c(c3)CCCC4)nc2n(C)c1=O. The van der Waals surface area contributed by atoms with E-state index < -0.39 is 21.3 Å². The first kappa shape index (κ1) is 20.5. The maximum Gasteiger partial charge on any atom is 0.332 e. The monoisotopic (exact) mass is 431 g/mol. The van der Waals surface area contributed by atoms with E-state index in [1.54, 1.807) is 19.2 Å². The Bertz CT molecular complexity index is 1330. The van der Waals surface area contributed by atoms with E-state index in [1.807, 2.05) is 6.07 Å². The highest BCUT2D eigenvalue weighted by molar-refractivity contribution is 7.89. The molecule has 0 aliphatic heterocycles. The van der Waals surface area contributed by atoms with Crippen LogP contribution in [0, 0.1) is 0 Å². The molecule has 9 nitrogen and oxygen atoms in total. The van der Waals surface area contributed by atoms with Gasteiger partial charge in [0.25, 0.3) is 5.56 Å². The van der Waals surface area contributed by atoms with Crippen molar-refractivity contribution < 1.29 is 8.42 Å². The molecule has 4 rings (SSSR count). The van der Waals surface area contributed by atoms with Gasteiger partial charge in [-0.1, -0.05) is 6.07 Å². The number of H-pyrrole nitrogens is 1. The number of rotatable bonds is 6. The summed E-state index contributed by atoms with van der Waals surface area (Å²) in [5.41, 5.74) is 2.06. The topological polar surface area (TPSA) is 119 Å². The second kappa shape index (κ2) is 7.84. The fourth-order valence-corrected chi connectivity index (χ4v) is 5.04. The Labute approximate surface area is 173 Å². The number of nitrogens with one attached hydrogen (secondary N) is 2. The average Bonchev–Trinajstić information content (AvgIpc) is 3.18. The van der Waals surface area contributed by atoms with Gasteiger partial charge >= 0.3 is 5.69 Å². The van der Waals surface area contributed by atoms with Crippen molar-refractivity contribution in [2.75, 3.05) is 6.54 Å². The summed E-state index contributed by atoms with van der Waals surface area (Å²) in [6.07, 6.45) is 5.12. The van der Waals surface area contributed by atoms with Crippen molar-refractivity contribution in [2.24, 2.45) is 14.1 Å². The van der Waals surface area contributed by atoms with Gasteiger partial charge in [0, 0.05) is 27.1 Å². The van der Waals surface area contributed by atoms with Gasteiger partial charge in [-0.3, -0.25) is 13.9 Å². The first-order chi connectivity index (χ1) is 14.3. The molecule has 0 unspecified atom stereocenters. The molecular weight excluding hydrogens is 406 g/mol. The third-order valence-electron chi connectivity index (χ3n) is 5.66. The Hall–Kier alpha value is -2.72. The molecule has 2 N–H and O–H groups in total. The summed E-state index contributed by atoms with van der Waals surface area (Å²) in [6, 6.07) is 5.37.